The Hall–Kier alpha value is -2.66. The average molecular weight is 340 g/mol. The first-order chi connectivity index (χ1) is 12.2. The molecule has 0 aliphatic heterocycles. The lowest BCUT2D eigenvalue weighted by Crippen LogP contribution is -2.30. The van der Waals surface area contributed by atoms with Crippen LogP contribution in [0.3, 0.4) is 0 Å². The van der Waals surface area contributed by atoms with Gasteiger partial charge in [-0.1, -0.05) is 30.3 Å². The number of nitrogens with zero attached hydrogens (tertiary/aromatic N) is 1. The fraction of sp³-hybridized carbons (Fsp3) is 0.300. The zero-order valence-corrected chi connectivity index (χ0v) is 14.7. The number of hydrogen-bond donors (Lipinski definition) is 1. The molecule has 2 amide bonds. The number of ether oxygens (including phenoxy) is 1. The summed E-state index contributed by atoms with van der Waals surface area (Å²) < 4.78 is 4.90. The van der Waals surface area contributed by atoms with Gasteiger partial charge >= 0.3 is 0 Å². The fourth-order valence-corrected chi connectivity index (χ4v) is 2.45. The standard InChI is InChI=1S/C20H24N2O3/c1-3-22(15-16-7-5-4-6-8-16)20(24)18-11-9-17(10-12-18)19(23)21-13-14-25-2/h4-12H,3,13-15H2,1-2H3,(H,21,23). The molecule has 0 bridgehead atoms. The summed E-state index contributed by atoms with van der Waals surface area (Å²) in [5.41, 5.74) is 2.19. The van der Waals surface area contributed by atoms with Crippen LogP contribution in [-0.4, -0.2) is 43.5 Å². The zero-order valence-electron chi connectivity index (χ0n) is 14.7. The maximum Gasteiger partial charge on any atom is 0.254 e. The van der Waals surface area contributed by atoms with Crippen molar-refractivity contribution in [3.8, 4) is 0 Å². The first-order valence-corrected chi connectivity index (χ1v) is 8.36. The molecule has 1 N–H and O–H groups in total. The Morgan fingerprint density at radius 2 is 1.64 bits per heavy atom. The van der Waals surface area contributed by atoms with Gasteiger partial charge in [0, 0.05) is 37.9 Å². The van der Waals surface area contributed by atoms with Crippen LogP contribution in [-0.2, 0) is 11.3 Å². The first kappa shape index (κ1) is 18.7. The highest BCUT2D eigenvalue weighted by molar-refractivity contribution is 5.97. The molecule has 132 valence electrons. The Balaban J connectivity index is 2.02. The molecule has 2 aromatic rings. The second-order valence-corrected chi connectivity index (χ2v) is 5.63. The van der Waals surface area contributed by atoms with Crippen molar-refractivity contribution < 1.29 is 14.3 Å². The molecular weight excluding hydrogens is 316 g/mol. The number of nitrogens with one attached hydrogen (secondary N) is 1. The average Bonchev–Trinajstić information content (AvgIpc) is 2.66. The van der Waals surface area contributed by atoms with Crippen molar-refractivity contribution in [2.24, 2.45) is 0 Å². The van der Waals surface area contributed by atoms with E-state index in [0.717, 1.165) is 5.56 Å². The van der Waals surface area contributed by atoms with Gasteiger partial charge in [0.15, 0.2) is 0 Å². The second kappa shape index (κ2) is 9.59. The highest BCUT2D eigenvalue weighted by Crippen LogP contribution is 2.11. The van der Waals surface area contributed by atoms with Crippen LogP contribution in [0.2, 0.25) is 0 Å². The molecule has 0 aliphatic rings. The third-order valence-corrected chi connectivity index (χ3v) is 3.87. The van der Waals surface area contributed by atoms with Crippen molar-refractivity contribution in [3.05, 3.63) is 71.3 Å². The molecular formula is C20H24N2O3. The van der Waals surface area contributed by atoms with Gasteiger partial charge in [0.1, 0.15) is 0 Å². The second-order valence-electron chi connectivity index (χ2n) is 5.63. The van der Waals surface area contributed by atoms with E-state index in [1.807, 2.05) is 37.3 Å². The smallest absolute Gasteiger partial charge is 0.254 e. The van der Waals surface area contributed by atoms with Crippen LogP contribution in [0.5, 0.6) is 0 Å². The molecule has 0 saturated carbocycles. The summed E-state index contributed by atoms with van der Waals surface area (Å²) in [7, 11) is 1.58. The summed E-state index contributed by atoms with van der Waals surface area (Å²) in [6.07, 6.45) is 0. The molecule has 0 aromatic heterocycles. The number of hydrogen-bond acceptors (Lipinski definition) is 3. The van der Waals surface area contributed by atoms with Crippen LogP contribution < -0.4 is 5.32 Å². The maximum absolute atomic E-state index is 12.7. The van der Waals surface area contributed by atoms with Gasteiger partial charge in [-0.15, -0.1) is 0 Å². The zero-order chi connectivity index (χ0) is 18.1. The summed E-state index contributed by atoms with van der Waals surface area (Å²) in [5, 5.41) is 2.76. The first-order valence-electron chi connectivity index (χ1n) is 8.36. The molecule has 0 radical (unpaired) electrons. The minimum atomic E-state index is -0.173. The van der Waals surface area contributed by atoms with E-state index in [-0.39, 0.29) is 11.8 Å². The molecule has 0 unspecified atom stereocenters. The summed E-state index contributed by atoms with van der Waals surface area (Å²) in [5.74, 6) is -0.217. The molecule has 0 atom stereocenters. The number of benzene rings is 2. The van der Waals surface area contributed by atoms with Gasteiger partial charge in [-0.25, -0.2) is 0 Å². The van der Waals surface area contributed by atoms with Gasteiger partial charge in [0.25, 0.3) is 11.8 Å². The van der Waals surface area contributed by atoms with Gasteiger partial charge in [-0.05, 0) is 36.8 Å². The van der Waals surface area contributed by atoms with E-state index in [4.69, 9.17) is 4.74 Å². The van der Waals surface area contributed by atoms with Crippen molar-refractivity contribution in [2.45, 2.75) is 13.5 Å². The van der Waals surface area contributed by atoms with Crippen LogP contribution in [0.1, 0.15) is 33.2 Å². The van der Waals surface area contributed by atoms with E-state index in [1.54, 1.807) is 36.3 Å². The van der Waals surface area contributed by atoms with Gasteiger partial charge in [0.05, 0.1) is 6.61 Å². The monoisotopic (exact) mass is 340 g/mol. The Bertz CT molecular complexity index is 684. The largest absolute Gasteiger partial charge is 0.383 e. The van der Waals surface area contributed by atoms with Crippen LogP contribution in [0.4, 0.5) is 0 Å². The van der Waals surface area contributed by atoms with Crippen LogP contribution in [0.15, 0.2) is 54.6 Å². The van der Waals surface area contributed by atoms with E-state index in [2.05, 4.69) is 5.32 Å². The highest BCUT2D eigenvalue weighted by atomic mass is 16.5. The normalized spacial score (nSPS) is 10.3. The van der Waals surface area contributed by atoms with Crippen molar-refractivity contribution in [2.75, 3.05) is 26.8 Å². The molecule has 0 fully saturated rings. The Kier molecular flexibility index (Phi) is 7.16. The number of carbonyl (C=O) groups is 2. The van der Waals surface area contributed by atoms with E-state index < -0.39 is 0 Å². The quantitative estimate of drug-likeness (QED) is 0.752. The van der Waals surface area contributed by atoms with Crippen molar-refractivity contribution in [1.29, 1.82) is 0 Å². The summed E-state index contributed by atoms with van der Waals surface area (Å²) >= 11 is 0. The molecule has 0 spiro atoms. The fourth-order valence-electron chi connectivity index (χ4n) is 2.45. The minimum absolute atomic E-state index is 0.0438. The van der Waals surface area contributed by atoms with E-state index in [0.29, 0.717) is 37.4 Å². The lowest BCUT2D eigenvalue weighted by Gasteiger charge is -2.21. The minimum Gasteiger partial charge on any atom is -0.383 e. The number of carbonyl (C=O) groups excluding carboxylic acids is 2. The van der Waals surface area contributed by atoms with Crippen LogP contribution >= 0.6 is 0 Å². The maximum atomic E-state index is 12.7. The molecule has 5 nitrogen and oxygen atoms in total. The predicted molar refractivity (Wildman–Crippen MR) is 97.5 cm³/mol. The molecule has 0 heterocycles. The van der Waals surface area contributed by atoms with E-state index >= 15 is 0 Å². The Morgan fingerprint density at radius 3 is 2.24 bits per heavy atom. The van der Waals surface area contributed by atoms with Crippen molar-refractivity contribution >= 4 is 11.8 Å². The molecule has 0 saturated heterocycles. The molecule has 0 aliphatic carbocycles. The summed E-state index contributed by atoms with van der Waals surface area (Å²) in [6.45, 7) is 4.06. The highest BCUT2D eigenvalue weighted by Gasteiger charge is 2.15. The lowest BCUT2D eigenvalue weighted by molar-refractivity contribution is 0.0752. The van der Waals surface area contributed by atoms with E-state index in [1.165, 1.54) is 0 Å². The van der Waals surface area contributed by atoms with Gasteiger partial charge in [-0.2, -0.15) is 0 Å². The van der Waals surface area contributed by atoms with Crippen molar-refractivity contribution in [1.82, 2.24) is 10.2 Å². The SMILES string of the molecule is CCN(Cc1ccccc1)C(=O)c1ccc(C(=O)NCCOC)cc1. The third kappa shape index (κ3) is 5.43. The topological polar surface area (TPSA) is 58.6 Å². The van der Waals surface area contributed by atoms with Crippen LogP contribution in [0.25, 0.3) is 0 Å². The Morgan fingerprint density at radius 1 is 1.00 bits per heavy atom. The Labute approximate surface area is 148 Å². The lowest BCUT2D eigenvalue weighted by atomic mass is 10.1. The van der Waals surface area contributed by atoms with Gasteiger partial charge in [0.2, 0.25) is 0 Å². The molecule has 5 heteroatoms. The molecule has 2 rings (SSSR count). The summed E-state index contributed by atoms with van der Waals surface area (Å²) in [4.78, 5) is 26.4. The predicted octanol–water partition coefficient (Wildman–Crippen LogP) is 2.73. The summed E-state index contributed by atoms with van der Waals surface area (Å²) in [6, 6.07) is 16.6. The van der Waals surface area contributed by atoms with Crippen molar-refractivity contribution in [3.63, 3.8) is 0 Å². The van der Waals surface area contributed by atoms with Gasteiger partial charge < -0.3 is 15.0 Å². The third-order valence-electron chi connectivity index (χ3n) is 3.87. The molecule has 25 heavy (non-hydrogen) atoms. The van der Waals surface area contributed by atoms with Gasteiger partial charge in [-0.3, -0.25) is 9.59 Å². The number of methoxy groups -OCH3 is 1. The van der Waals surface area contributed by atoms with E-state index in [9.17, 15) is 9.59 Å². The van der Waals surface area contributed by atoms with Crippen LogP contribution in [0, 0.1) is 0 Å². The number of amides is 2. The molecule has 2 aromatic carbocycles. The number of rotatable bonds is 8.